The Bertz CT molecular complexity index is 602. The molecule has 1 unspecified atom stereocenters. The zero-order valence-electron chi connectivity index (χ0n) is 13.2. The summed E-state index contributed by atoms with van der Waals surface area (Å²) in [7, 11) is 0. The highest BCUT2D eigenvalue weighted by Crippen LogP contribution is 2.40. The van der Waals surface area contributed by atoms with E-state index in [-0.39, 0.29) is 0 Å². The van der Waals surface area contributed by atoms with Crippen LogP contribution in [0.1, 0.15) is 30.5 Å². The number of para-hydroxylation sites is 1. The monoisotopic (exact) mass is 297 g/mol. The molecular weight excluding hydrogens is 274 g/mol. The van der Waals surface area contributed by atoms with Crippen LogP contribution in [0.25, 0.3) is 0 Å². The van der Waals surface area contributed by atoms with Crippen LogP contribution in [0.3, 0.4) is 0 Å². The lowest BCUT2D eigenvalue weighted by Crippen LogP contribution is -2.42. The van der Waals surface area contributed by atoms with Crippen molar-refractivity contribution in [1.82, 2.24) is 4.90 Å². The second-order valence-corrected chi connectivity index (χ2v) is 5.76. The van der Waals surface area contributed by atoms with Crippen LogP contribution in [-0.2, 0) is 12.2 Å². The van der Waals surface area contributed by atoms with E-state index in [2.05, 4.69) is 18.7 Å². The van der Waals surface area contributed by atoms with Crippen LogP contribution in [0.2, 0.25) is 0 Å². The number of aliphatic hydroxyl groups is 1. The second-order valence-electron chi connectivity index (χ2n) is 5.76. The number of hydrogen-bond donors (Lipinski definition) is 1. The molecule has 22 heavy (non-hydrogen) atoms. The van der Waals surface area contributed by atoms with E-state index in [0.717, 1.165) is 35.5 Å². The molecule has 2 aromatic rings. The molecule has 3 rings (SSSR count). The molecule has 1 aliphatic rings. The van der Waals surface area contributed by atoms with Crippen LogP contribution < -0.4 is 4.74 Å². The molecule has 0 spiro atoms. The normalized spacial score (nSPS) is 20.0. The van der Waals surface area contributed by atoms with E-state index < -0.39 is 5.60 Å². The molecule has 0 aromatic heterocycles. The van der Waals surface area contributed by atoms with Gasteiger partial charge in [0.15, 0.2) is 0 Å². The molecule has 2 aromatic carbocycles. The van der Waals surface area contributed by atoms with Crippen LogP contribution in [-0.4, -0.2) is 29.6 Å². The summed E-state index contributed by atoms with van der Waals surface area (Å²) in [5.74, 6) is 0.772. The number of ether oxygens (including phenoxy) is 1. The first kappa shape index (κ1) is 15.1. The molecule has 3 heteroatoms. The third-order valence-electron chi connectivity index (χ3n) is 4.53. The van der Waals surface area contributed by atoms with Gasteiger partial charge in [0, 0.05) is 12.1 Å². The van der Waals surface area contributed by atoms with Gasteiger partial charge in [-0.15, -0.1) is 0 Å². The van der Waals surface area contributed by atoms with Gasteiger partial charge in [-0.25, -0.2) is 0 Å². The first-order chi connectivity index (χ1) is 10.7. The van der Waals surface area contributed by atoms with Gasteiger partial charge >= 0.3 is 0 Å². The third kappa shape index (κ3) is 2.51. The Morgan fingerprint density at radius 2 is 1.64 bits per heavy atom. The highest BCUT2D eigenvalue weighted by Gasteiger charge is 2.39. The molecule has 0 saturated carbocycles. The molecule has 0 aliphatic carbocycles. The van der Waals surface area contributed by atoms with Crippen molar-refractivity contribution in [1.29, 1.82) is 0 Å². The predicted octanol–water partition coefficient (Wildman–Crippen LogP) is 3.16. The van der Waals surface area contributed by atoms with Crippen molar-refractivity contribution in [3.8, 4) is 5.75 Å². The van der Waals surface area contributed by atoms with E-state index in [1.165, 1.54) is 0 Å². The van der Waals surface area contributed by atoms with Crippen LogP contribution >= 0.6 is 0 Å². The van der Waals surface area contributed by atoms with Crippen LogP contribution in [0, 0.1) is 0 Å². The average Bonchev–Trinajstić information content (AvgIpc) is 2.69. The minimum absolute atomic E-state index is 0.494. The minimum atomic E-state index is -1.05. The third-order valence-corrected chi connectivity index (χ3v) is 4.53. The molecule has 0 fully saturated rings. The van der Waals surface area contributed by atoms with Crippen LogP contribution in [0.5, 0.6) is 5.75 Å². The average molecular weight is 297 g/mol. The van der Waals surface area contributed by atoms with Crippen molar-refractivity contribution in [2.45, 2.75) is 26.1 Å². The van der Waals surface area contributed by atoms with Gasteiger partial charge in [0.05, 0.1) is 0 Å². The molecule has 0 saturated heterocycles. The van der Waals surface area contributed by atoms with Gasteiger partial charge in [0.2, 0.25) is 0 Å². The summed E-state index contributed by atoms with van der Waals surface area (Å²) in [6.45, 7) is 7.12. The highest BCUT2D eigenvalue weighted by molar-refractivity contribution is 5.49. The summed E-state index contributed by atoms with van der Waals surface area (Å²) in [5, 5.41) is 11.7. The number of hydrogen-bond acceptors (Lipinski definition) is 3. The zero-order valence-corrected chi connectivity index (χ0v) is 13.2. The largest absolute Gasteiger partial charge is 0.488 e. The summed E-state index contributed by atoms with van der Waals surface area (Å²) >= 11 is 0. The molecule has 1 N–H and O–H groups in total. The van der Waals surface area contributed by atoms with Crippen molar-refractivity contribution < 1.29 is 9.84 Å². The standard InChI is InChI=1S/C19H23NO2/c1-3-20(4-2)14-19(21)16-10-6-5-9-15(16)13-22-18-12-8-7-11-17(18)19/h5-12,21H,3-4,13-14H2,1-2H3. The Kier molecular flexibility index (Phi) is 4.19. The van der Waals surface area contributed by atoms with E-state index in [9.17, 15) is 5.11 Å². The van der Waals surface area contributed by atoms with Gasteiger partial charge in [-0.1, -0.05) is 56.3 Å². The number of fused-ring (bicyclic) bond motifs is 2. The Morgan fingerprint density at radius 3 is 2.36 bits per heavy atom. The minimum Gasteiger partial charge on any atom is -0.488 e. The van der Waals surface area contributed by atoms with Crippen molar-refractivity contribution in [3.05, 3.63) is 65.2 Å². The van der Waals surface area contributed by atoms with E-state index >= 15 is 0 Å². The first-order valence-corrected chi connectivity index (χ1v) is 7.94. The topological polar surface area (TPSA) is 32.7 Å². The summed E-state index contributed by atoms with van der Waals surface area (Å²) in [5.41, 5.74) is 1.81. The fourth-order valence-electron chi connectivity index (χ4n) is 3.23. The maximum absolute atomic E-state index is 11.7. The van der Waals surface area contributed by atoms with Crippen molar-refractivity contribution in [2.75, 3.05) is 19.6 Å². The summed E-state index contributed by atoms with van der Waals surface area (Å²) in [4.78, 5) is 2.25. The first-order valence-electron chi connectivity index (χ1n) is 7.94. The van der Waals surface area contributed by atoms with Crippen molar-refractivity contribution in [2.24, 2.45) is 0 Å². The zero-order chi connectivity index (χ0) is 15.6. The smallest absolute Gasteiger partial charge is 0.131 e. The quantitative estimate of drug-likeness (QED) is 0.941. The van der Waals surface area contributed by atoms with E-state index in [1.54, 1.807) is 0 Å². The maximum Gasteiger partial charge on any atom is 0.131 e. The van der Waals surface area contributed by atoms with Crippen molar-refractivity contribution >= 4 is 0 Å². The molecule has 116 valence electrons. The predicted molar refractivity (Wildman–Crippen MR) is 88.0 cm³/mol. The molecule has 0 bridgehead atoms. The van der Waals surface area contributed by atoms with Gasteiger partial charge in [0.25, 0.3) is 0 Å². The fraction of sp³-hybridized carbons (Fsp3) is 0.368. The van der Waals surface area contributed by atoms with E-state index in [1.807, 2.05) is 48.5 Å². The number of likely N-dealkylation sites (N-methyl/N-ethyl adjacent to an activating group) is 1. The van der Waals surface area contributed by atoms with Crippen LogP contribution in [0.15, 0.2) is 48.5 Å². The Morgan fingerprint density at radius 1 is 1.00 bits per heavy atom. The molecule has 1 atom stereocenters. The Labute approximate surface area is 132 Å². The van der Waals surface area contributed by atoms with Gasteiger partial charge in [-0.05, 0) is 30.3 Å². The van der Waals surface area contributed by atoms with Gasteiger partial charge in [-0.3, -0.25) is 0 Å². The molecule has 1 heterocycles. The Balaban J connectivity index is 2.17. The summed E-state index contributed by atoms with van der Waals surface area (Å²) in [6.07, 6.45) is 0. The number of nitrogens with zero attached hydrogens (tertiary/aromatic N) is 1. The Hall–Kier alpha value is -1.84. The van der Waals surface area contributed by atoms with Crippen molar-refractivity contribution in [3.63, 3.8) is 0 Å². The van der Waals surface area contributed by atoms with Gasteiger partial charge in [0.1, 0.15) is 18.0 Å². The number of benzene rings is 2. The lowest BCUT2D eigenvalue weighted by molar-refractivity contribution is 0.0384. The van der Waals surface area contributed by atoms with E-state index in [0.29, 0.717) is 13.2 Å². The summed E-state index contributed by atoms with van der Waals surface area (Å²) < 4.78 is 5.94. The summed E-state index contributed by atoms with van der Waals surface area (Å²) in [6, 6.07) is 15.9. The van der Waals surface area contributed by atoms with Crippen LogP contribution in [0.4, 0.5) is 0 Å². The highest BCUT2D eigenvalue weighted by atomic mass is 16.5. The second kappa shape index (κ2) is 6.11. The molecule has 1 aliphatic heterocycles. The van der Waals surface area contributed by atoms with E-state index in [4.69, 9.17) is 4.74 Å². The fourth-order valence-corrected chi connectivity index (χ4v) is 3.23. The molecule has 0 radical (unpaired) electrons. The SMILES string of the molecule is CCN(CC)CC1(O)c2ccccc2COc2ccccc21. The maximum atomic E-state index is 11.7. The molecule has 3 nitrogen and oxygen atoms in total. The number of rotatable bonds is 4. The van der Waals surface area contributed by atoms with Gasteiger partial charge in [-0.2, -0.15) is 0 Å². The van der Waals surface area contributed by atoms with Gasteiger partial charge < -0.3 is 14.7 Å². The lowest BCUT2D eigenvalue weighted by Gasteiger charge is -2.34. The molecular formula is C19H23NO2. The lowest BCUT2D eigenvalue weighted by atomic mass is 9.83. The molecule has 0 amide bonds.